The molecule has 0 amide bonds. The zero-order chi connectivity index (χ0) is 14.0. The molecule has 0 fully saturated rings. The van der Waals surface area contributed by atoms with E-state index in [-0.39, 0.29) is 6.10 Å². The third kappa shape index (κ3) is 3.12. The fraction of sp³-hybridized carbons (Fsp3) is 0.286. The third-order valence-corrected chi connectivity index (χ3v) is 2.96. The minimum Gasteiger partial charge on any atom is -0.491 e. The second-order valence-electron chi connectivity index (χ2n) is 4.62. The van der Waals surface area contributed by atoms with Gasteiger partial charge in [-0.1, -0.05) is 12.2 Å². The maximum absolute atomic E-state index is 5.79. The van der Waals surface area contributed by atoms with Crippen molar-refractivity contribution in [2.75, 3.05) is 5.73 Å². The van der Waals surface area contributed by atoms with E-state index < -0.39 is 0 Å². The Morgan fingerprint density at radius 2 is 1.89 bits per heavy atom. The molecule has 2 aromatic rings. The molecular weight excluding hydrogens is 258 g/mol. The average Bonchev–Trinajstić information content (AvgIpc) is 2.35. The molecule has 19 heavy (non-hydrogen) atoms. The van der Waals surface area contributed by atoms with Crippen molar-refractivity contribution in [3.8, 4) is 17.1 Å². The zero-order valence-corrected chi connectivity index (χ0v) is 12.0. The molecule has 2 rings (SSSR count). The van der Waals surface area contributed by atoms with Crippen LogP contribution in [0.1, 0.15) is 19.5 Å². The van der Waals surface area contributed by atoms with Gasteiger partial charge in [0, 0.05) is 11.3 Å². The predicted molar refractivity (Wildman–Crippen MR) is 79.8 cm³/mol. The van der Waals surface area contributed by atoms with E-state index in [4.69, 9.17) is 22.7 Å². The van der Waals surface area contributed by atoms with Crippen molar-refractivity contribution in [2.24, 2.45) is 0 Å². The molecule has 0 bridgehead atoms. The van der Waals surface area contributed by atoms with Crippen LogP contribution in [0.5, 0.6) is 5.75 Å². The number of hydrogen-bond donors (Lipinski definition) is 2. The van der Waals surface area contributed by atoms with Crippen LogP contribution in [0.15, 0.2) is 24.3 Å². The van der Waals surface area contributed by atoms with Crippen LogP contribution in [0.25, 0.3) is 11.4 Å². The van der Waals surface area contributed by atoms with Gasteiger partial charge in [0.05, 0.1) is 11.8 Å². The number of nitrogens with two attached hydrogens (primary N) is 1. The van der Waals surface area contributed by atoms with E-state index >= 15 is 0 Å². The molecule has 0 aliphatic rings. The number of aryl methyl sites for hydroxylation is 1. The maximum Gasteiger partial charge on any atom is 0.153 e. The zero-order valence-electron chi connectivity index (χ0n) is 11.2. The van der Waals surface area contributed by atoms with E-state index in [9.17, 15) is 0 Å². The van der Waals surface area contributed by atoms with Gasteiger partial charge in [0.15, 0.2) is 4.64 Å². The fourth-order valence-corrected chi connectivity index (χ4v) is 1.94. The summed E-state index contributed by atoms with van der Waals surface area (Å²) in [4.78, 5) is 7.44. The Balaban J connectivity index is 2.35. The van der Waals surface area contributed by atoms with Crippen LogP contribution >= 0.6 is 12.2 Å². The quantitative estimate of drug-likeness (QED) is 0.842. The van der Waals surface area contributed by atoms with Crippen molar-refractivity contribution in [1.82, 2.24) is 9.97 Å². The molecule has 1 aromatic carbocycles. The van der Waals surface area contributed by atoms with E-state index in [0.29, 0.717) is 16.2 Å². The van der Waals surface area contributed by atoms with Crippen molar-refractivity contribution < 1.29 is 4.74 Å². The van der Waals surface area contributed by atoms with Gasteiger partial charge in [0.25, 0.3) is 0 Å². The molecule has 0 saturated carbocycles. The smallest absolute Gasteiger partial charge is 0.153 e. The Morgan fingerprint density at radius 3 is 2.42 bits per heavy atom. The molecule has 4 nitrogen and oxygen atoms in total. The van der Waals surface area contributed by atoms with E-state index in [1.54, 1.807) is 0 Å². The van der Waals surface area contributed by atoms with Crippen LogP contribution in [0.2, 0.25) is 0 Å². The summed E-state index contributed by atoms with van der Waals surface area (Å²) < 4.78 is 6.03. The number of rotatable bonds is 3. The first-order valence-electron chi connectivity index (χ1n) is 6.11. The largest absolute Gasteiger partial charge is 0.491 e. The lowest BCUT2D eigenvalue weighted by Gasteiger charge is -2.10. The first-order valence-corrected chi connectivity index (χ1v) is 6.51. The normalized spacial score (nSPS) is 10.7. The van der Waals surface area contributed by atoms with Gasteiger partial charge in [-0.05, 0) is 45.0 Å². The number of anilines is 1. The van der Waals surface area contributed by atoms with E-state index in [1.165, 1.54) is 0 Å². The van der Waals surface area contributed by atoms with Crippen molar-refractivity contribution in [3.05, 3.63) is 34.6 Å². The van der Waals surface area contributed by atoms with Crippen LogP contribution in [0.4, 0.5) is 5.69 Å². The Morgan fingerprint density at radius 1 is 1.26 bits per heavy atom. The van der Waals surface area contributed by atoms with Gasteiger partial charge < -0.3 is 15.5 Å². The Hall–Kier alpha value is -1.88. The van der Waals surface area contributed by atoms with Gasteiger partial charge in [-0.15, -0.1) is 0 Å². The topological polar surface area (TPSA) is 63.9 Å². The number of hydrogen-bond acceptors (Lipinski definition) is 4. The minimum atomic E-state index is 0.161. The molecule has 0 spiro atoms. The number of benzene rings is 1. The molecule has 5 heteroatoms. The molecule has 0 aliphatic heterocycles. The van der Waals surface area contributed by atoms with Crippen molar-refractivity contribution >= 4 is 17.9 Å². The van der Waals surface area contributed by atoms with Crippen LogP contribution in [-0.2, 0) is 0 Å². The van der Waals surface area contributed by atoms with Crippen LogP contribution < -0.4 is 10.5 Å². The number of aromatic amines is 1. The summed E-state index contributed by atoms with van der Waals surface area (Å²) in [6.45, 7) is 5.87. The standard InChI is InChI=1S/C14H17N3OS/c1-8(2)18-11-6-4-10(5-7-11)13-16-9(3)12(15)14(19)17-13/h4-8H,15H2,1-3H3,(H,16,17,19). The highest BCUT2D eigenvalue weighted by molar-refractivity contribution is 7.71. The van der Waals surface area contributed by atoms with Gasteiger partial charge in [0.2, 0.25) is 0 Å². The van der Waals surface area contributed by atoms with Crippen LogP contribution in [0, 0.1) is 11.6 Å². The van der Waals surface area contributed by atoms with Crippen molar-refractivity contribution in [1.29, 1.82) is 0 Å². The molecule has 0 unspecified atom stereocenters. The summed E-state index contributed by atoms with van der Waals surface area (Å²) in [6.07, 6.45) is 0.161. The van der Waals surface area contributed by atoms with Gasteiger partial charge in [-0.2, -0.15) is 0 Å². The predicted octanol–water partition coefficient (Wildman–Crippen LogP) is 3.48. The highest BCUT2D eigenvalue weighted by atomic mass is 32.1. The monoisotopic (exact) mass is 275 g/mol. The maximum atomic E-state index is 5.79. The molecule has 100 valence electrons. The Kier molecular flexibility index (Phi) is 3.85. The lowest BCUT2D eigenvalue weighted by Crippen LogP contribution is -2.05. The Labute approximate surface area is 117 Å². The lowest BCUT2D eigenvalue weighted by atomic mass is 10.2. The molecular formula is C14H17N3OS. The molecule has 0 saturated heterocycles. The van der Waals surface area contributed by atoms with Crippen LogP contribution in [0.3, 0.4) is 0 Å². The second-order valence-corrected chi connectivity index (χ2v) is 5.01. The molecule has 0 aliphatic carbocycles. The van der Waals surface area contributed by atoms with Gasteiger partial charge in [-0.3, -0.25) is 0 Å². The summed E-state index contributed by atoms with van der Waals surface area (Å²) in [5, 5.41) is 0. The second kappa shape index (κ2) is 5.40. The highest BCUT2D eigenvalue weighted by Crippen LogP contribution is 2.21. The van der Waals surface area contributed by atoms with E-state index in [1.807, 2.05) is 45.0 Å². The van der Waals surface area contributed by atoms with E-state index in [0.717, 1.165) is 17.0 Å². The summed E-state index contributed by atoms with van der Waals surface area (Å²) in [7, 11) is 0. The summed E-state index contributed by atoms with van der Waals surface area (Å²) >= 11 is 5.13. The van der Waals surface area contributed by atoms with Crippen molar-refractivity contribution in [2.45, 2.75) is 26.9 Å². The summed E-state index contributed by atoms with van der Waals surface area (Å²) in [5.41, 5.74) is 8.10. The molecule has 0 atom stereocenters. The molecule has 0 radical (unpaired) electrons. The molecule has 3 N–H and O–H groups in total. The third-order valence-electron chi connectivity index (χ3n) is 2.65. The first-order chi connectivity index (χ1) is 8.97. The van der Waals surface area contributed by atoms with Gasteiger partial charge >= 0.3 is 0 Å². The number of H-pyrrole nitrogens is 1. The Bertz CT molecular complexity index is 632. The number of aromatic nitrogens is 2. The number of nitrogens with zero attached hydrogens (tertiary/aromatic N) is 1. The molecule has 1 heterocycles. The molecule has 1 aromatic heterocycles. The van der Waals surface area contributed by atoms with Crippen molar-refractivity contribution in [3.63, 3.8) is 0 Å². The van der Waals surface area contributed by atoms with Gasteiger partial charge in [0.1, 0.15) is 11.6 Å². The van der Waals surface area contributed by atoms with Gasteiger partial charge in [-0.25, -0.2) is 4.98 Å². The first kappa shape index (κ1) is 13.5. The van der Waals surface area contributed by atoms with E-state index in [2.05, 4.69) is 9.97 Å². The summed E-state index contributed by atoms with van der Waals surface area (Å²) in [6, 6.07) is 7.72. The number of nitrogens with one attached hydrogen (secondary N) is 1. The van der Waals surface area contributed by atoms with Crippen LogP contribution in [-0.4, -0.2) is 16.1 Å². The SMILES string of the molecule is Cc1[nH]c(-c2ccc(OC(C)C)cc2)nc(=S)c1N. The highest BCUT2D eigenvalue weighted by Gasteiger charge is 2.05. The fourth-order valence-electron chi connectivity index (χ4n) is 1.70. The minimum absolute atomic E-state index is 0.161. The number of nitrogen functional groups attached to an aromatic ring is 1. The summed E-state index contributed by atoms with van der Waals surface area (Å²) in [5.74, 6) is 1.55. The number of ether oxygens (including phenoxy) is 1. The lowest BCUT2D eigenvalue weighted by molar-refractivity contribution is 0.242. The average molecular weight is 275 g/mol.